The molecule has 1 heterocycles. The van der Waals surface area contributed by atoms with Crippen LogP contribution < -0.4 is 15.2 Å². The smallest absolute Gasteiger partial charge is 0.205 e. The molecule has 1 aliphatic heterocycles. The summed E-state index contributed by atoms with van der Waals surface area (Å²) in [6.07, 6.45) is 0. The Kier molecular flexibility index (Phi) is 3.47. The van der Waals surface area contributed by atoms with Crippen molar-refractivity contribution < 1.29 is 19.7 Å². The first-order chi connectivity index (χ1) is 11.0. The lowest BCUT2D eigenvalue weighted by Crippen LogP contribution is -2.21. The molecule has 0 aromatic heterocycles. The van der Waals surface area contributed by atoms with Crippen molar-refractivity contribution in [3.8, 4) is 29.1 Å². The van der Waals surface area contributed by atoms with Gasteiger partial charge in [-0.25, -0.2) is 0 Å². The molecule has 1 unspecified atom stereocenters. The van der Waals surface area contributed by atoms with Gasteiger partial charge in [-0.3, -0.25) is 0 Å². The fourth-order valence-corrected chi connectivity index (χ4v) is 2.66. The minimum Gasteiger partial charge on any atom is -0.508 e. The average Bonchev–Trinajstić information content (AvgIpc) is 2.54. The van der Waals surface area contributed by atoms with Crippen LogP contribution >= 0.6 is 0 Å². The largest absolute Gasteiger partial charge is 0.508 e. The summed E-state index contributed by atoms with van der Waals surface area (Å²) in [4.78, 5) is 0. The van der Waals surface area contributed by atoms with Crippen LogP contribution in [-0.4, -0.2) is 17.3 Å². The highest BCUT2D eigenvalue weighted by Crippen LogP contribution is 2.44. The Morgan fingerprint density at radius 2 is 2.00 bits per heavy atom. The van der Waals surface area contributed by atoms with Crippen LogP contribution in [0.4, 0.5) is 0 Å². The number of hydrogen-bond acceptors (Lipinski definition) is 6. The van der Waals surface area contributed by atoms with Crippen molar-refractivity contribution in [3.63, 3.8) is 0 Å². The first-order valence-corrected chi connectivity index (χ1v) is 6.82. The number of aromatic hydroxyl groups is 2. The fraction of sp³-hybridized carbons (Fsp3) is 0.118. The third-order valence-corrected chi connectivity index (χ3v) is 3.74. The van der Waals surface area contributed by atoms with Crippen molar-refractivity contribution in [3.05, 3.63) is 59.0 Å². The molecule has 0 bridgehead atoms. The van der Waals surface area contributed by atoms with Crippen molar-refractivity contribution in [1.82, 2.24) is 0 Å². The molecule has 3 rings (SSSR count). The fourth-order valence-electron chi connectivity index (χ4n) is 2.66. The van der Waals surface area contributed by atoms with E-state index in [-0.39, 0.29) is 23.0 Å². The number of ether oxygens (including phenoxy) is 2. The number of nitrogens with zero attached hydrogens (tertiary/aromatic N) is 1. The van der Waals surface area contributed by atoms with Gasteiger partial charge in [0, 0.05) is 11.6 Å². The molecule has 1 aliphatic rings. The molecule has 2 aromatic carbocycles. The highest BCUT2D eigenvalue weighted by atomic mass is 16.5. The van der Waals surface area contributed by atoms with Crippen molar-refractivity contribution in [2.45, 2.75) is 5.92 Å². The third kappa shape index (κ3) is 2.38. The maximum Gasteiger partial charge on any atom is 0.205 e. The molecule has 0 aliphatic carbocycles. The molecule has 6 nitrogen and oxygen atoms in total. The first-order valence-electron chi connectivity index (χ1n) is 6.82. The normalized spacial score (nSPS) is 16.3. The average molecular weight is 310 g/mol. The second-order valence-electron chi connectivity index (χ2n) is 5.08. The molecule has 4 N–H and O–H groups in total. The second kappa shape index (κ2) is 5.46. The zero-order valence-corrected chi connectivity index (χ0v) is 12.3. The van der Waals surface area contributed by atoms with Crippen LogP contribution in [0.3, 0.4) is 0 Å². The predicted molar refractivity (Wildman–Crippen MR) is 82.1 cm³/mol. The SMILES string of the molecule is COc1cc(C2C(C#N)=C(N)Oc3cc(O)ccc32)ccc1O. The lowest BCUT2D eigenvalue weighted by Gasteiger charge is -2.26. The predicted octanol–water partition coefficient (Wildman–Crippen LogP) is 2.32. The lowest BCUT2D eigenvalue weighted by atomic mass is 9.83. The quantitative estimate of drug-likeness (QED) is 0.785. The van der Waals surface area contributed by atoms with Gasteiger partial charge in [0.05, 0.1) is 13.0 Å². The van der Waals surface area contributed by atoms with E-state index in [4.69, 9.17) is 15.2 Å². The zero-order valence-electron chi connectivity index (χ0n) is 12.3. The molecule has 116 valence electrons. The summed E-state index contributed by atoms with van der Waals surface area (Å²) in [6.45, 7) is 0. The van der Waals surface area contributed by atoms with E-state index in [0.29, 0.717) is 17.1 Å². The Balaban J connectivity index is 2.22. The van der Waals surface area contributed by atoms with Crippen LogP contribution in [-0.2, 0) is 0 Å². The molecular weight excluding hydrogens is 296 g/mol. The molecule has 0 saturated carbocycles. The van der Waals surface area contributed by atoms with E-state index in [1.54, 1.807) is 18.2 Å². The summed E-state index contributed by atoms with van der Waals surface area (Å²) in [5.74, 6) is 0.244. The highest BCUT2D eigenvalue weighted by molar-refractivity contribution is 5.58. The zero-order chi connectivity index (χ0) is 16.6. The van der Waals surface area contributed by atoms with Gasteiger partial charge in [0.1, 0.15) is 23.1 Å². The Morgan fingerprint density at radius 3 is 2.70 bits per heavy atom. The number of fused-ring (bicyclic) bond motifs is 1. The number of methoxy groups -OCH3 is 1. The molecule has 0 radical (unpaired) electrons. The Labute approximate surface area is 132 Å². The van der Waals surface area contributed by atoms with Gasteiger partial charge >= 0.3 is 0 Å². The van der Waals surface area contributed by atoms with E-state index in [1.807, 2.05) is 0 Å². The van der Waals surface area contributed by atoms with Gasteiger partial charge in [0.2, 0.25) is 5.88 Å². The number of benzene rings is 2. The van der Waals surface area contributed by atoms with E-state index in [1.165, 1.54) is 25.3 Å². The van der Waals surface area contributed by atoms with E-state index >= 15 is 0 Å². The molecule has 23 heavy (non-hydrogen) atoms. The minimum absolute atomic E-state index is 0.00435. The summed E-state index contributed by atoms with van der Waals surface area (Å²) in [6, 6.07) is 11.5. The first kappa shape index (κ1) is 14.6. The minimum atomic E-state index is -0.473. The van der Waals surface area contributed by atoms with Gasteiger partial charge in [0.15, 0.2) is 11.5 Å². The van der Waals surface area contributed by atoms with Crippen molar-refractivity contribution in [1.29, 1.82) is 5.26 Å². The Hall–Kier alpha value is -3.33. The number of phenols is 2. The van der Waals surface area contributed by atoms with Crippen LogP contribution in [0.25, 0.3) is 0 Å². The number of phenolic OH excluding ortho intramolecular Hbond substituents is 2. The molecule has 0 spiro atoms. The van der Waals surface area contributed by atoms with Gasteiger partial charge in [-0.15, -0.1) is 0 Å². The van der Waals surface area contributed by atoms with Crippen LogP contribution in [0, 0.1) is 11.3 Å². The molecule has 0 saturated heterocycles. The summed E-state index contributed by atoms with van der Waals surface area (Å²) >= 11 is 0. The number of rotatable bonds is 2. The maximum atomic E-state index is 9.76. The molecule has 0 amide bonds. The van der Waals surface area contributed by atoms with Crippen LogP contribution in [0.5, 0.6) is 23.0 Å². The molecular formula is C17H14N2O4. The summed E-state index contributed by atoms with van der Waals surface area (Å²) in [5, 5.41) is 28.8. The van der Waals surface area contributed by atoms with Crippen molar-refractivity contribution >= 4 is 0 Å². The standard InChI is InChI=1S/C17H14N2O4/c1-22-15-6-9(2-5-13(15)21)16-11-4-3-10(20)7-14(11)23-17(19)12(16)8-18/h2-7,16,20-21H,19H2,1H3. The number of nitrogens with two attached hydrogens (primary N) is 1. The van der Waals surface area contributed by atoms with Crippen LogP contribution in [0.15, 0.2) is 47.9 Å². The topological polar surface area (TPSA) is 109 Å². The third-order valence-electron chi connectivity index (χ3n) is 3.74. The molecule has 2 aromatic rings. The van der Waals surface area contributed by atoms with E-state index in [9.17, 15) is 15.5 Å². The molecule has 6 heteroatoms. The lowest BCUT2D eigenvalue weighted by molar-refractivity contribution is 0.372. The highest BCUT2D eigenvalue weighted by Gasteiger charge is 2.31. The summed E-state index contributed by atoms with van der Waals surface area (Å²) in [7, 11) is 1.45. The van der Waals surface area contributed by atoms with Gasteiger partial charge in [-0.2, -0.15) is 5.26 Å². The Morgan fingerprint density at radius 1 is 1.22 bits per heavy atom. The van der Waals surface area contributed by atoms with Gasteiger partial charge in [-0.05, 0) is 23.8 Å². The second-order valence-corrected chi connectivity index (χ2v) is 5.08. The van der Waals surface area contributed by atoms with Crippen molar-refractivity contribution in [2.24, 2.45) is 5.73 Å². The number of hydrogen-bond donors (Lipinski definition) is 3. The van der Waals surface area contributed by atoms with Crippen LogP contribution in [0.2, 0.25) is 0 Å². The van der Waals surface area contributed by atoms with E-state index in [0.717, 1.165) is 5.56 Å². The van der Waals surface area contributed by atoms with Crippen molar-refractivity contribution in [2.75, 3.05) is 7.11 Å². The molecule has 0 fully saturated rings. The van der Waals surface area contributed by atoms with Crippen LogP contribution in [0.1, 0.15) is 17.0 Å². The number of allylic oxidation sites excluding steroid dienone is 1. The number of nitriles is 1. The monoisotopic (exact) mass is 310 g/mol. The molecule has 1 atom stereocenters. The van der Waals surface area contributed by atoms with E-state index in [2.05, 4.69) is 6.07 Å². The summed E-state index contributed by atoms with van der Waals surface area (Å²) < 4.78 is 10.6. The van der Waals surface area contributed by atoms with E-state index < -0.39 is 5.92 Å². The summed E-state index contributed by atoms with van der Waals surface area (Å²) in [5.41, 5.74) is 7.53. The van der Waals surface area contributed by atoms with Gasteiger partial charge in [-0.1, -0.05) is 12.1 Å². The maximum absolute atomic E-state index is 9.76. The van der Waals surface area contributed by atoms with Gasteiger partial charge in [0.25, 0.3) is 0 Å². The Bertz CT molecular complexity index is 852. The van der Waals surface area contributed by atoms with Gasteiger partial charge < -0.3 is 25.4 Å².